The van der Waals surface area contributed by atoms with Crippen molar-refractivity contribution >= 4 is 11.7 Å². The third-order valence-electron chi connectivity index (χ3n) is 3.47. The van der Waals surface area contributed by atoms with Gasteiger partial charge in [-0.1, -0.05) is 6.92 Å². The summed E-state index contributed by atoms with van der Waals surface area (Å²) in [6.45, 7) is 3.70. The Bertz CT molecular complexity index is 457. The maximum absolute atomic E-state index is 13.5. The molecule has 1 aliphatic heterocycles. The molecule has 0 spiro atoms. The fourth-order valence-corrected chi connectivity index (χ4v) is 2.16. The quantitative estimate of drug-likeness (QED) is 0.893. The lowest BCUT2D eigenvalue weighted by Crippen LogP contribution is -2.40. The van der Waals surface area contributed by atoms with Gasteiger partial charge in [0.2, 0.25) is 0 Å². The van der Waals surface area contributed by atoms with Gasteiger partial charge in [-0.3, -0.25) is 0 Å². The first-order chi connectivity index (χ1) is 9.10. The standard InChI is InChI=1S/C14H19FN2O2/c1-10-5-7-17(8-6-10)14(18)16-11-3-4-13(19-2)12(15)9-11/h3-4,9-10H,5-8H2,1-2H3,(H,16,18). The number of rotatable bonds is 2. The Morgan fingerprint density at radius 3 is 2.68 bits per heavy atom. The first kappa shape index (κ1) is 13.6. The van der Waals surface area contributed by atoms with Gasteiger partial charge in [-0.25, -0.2) is 9.18 Å². The molecule has 1 fully saturated rings. The predicted octanol–water partition coefficient (Wildman–Crippen LogP) is 3.10. The summed E-state index contributed by atoms with van der Waals surface area (Å²) in [6, 6.07) is 4.23. The van der Waals surface area contributed by atoms with Crippen molar-refractivity contribution in [2.45, 2.75) is 19.8 Å². The minimum Gasteiger partial charge on any atom is -0.494 e. The molecule has 0 saturated carbocycles. The molecular formula is C14H19FN2O2. The van der Waals surface area contributed by atoms with E-state index in [1.54, 1.807) is 11.0 Å². The molecule has 1 heterocycles. The van der Waals surface area contributed by atoms with Crippen LogP contribution in [-0.2, 0) is 0 Å². The number of hydrogen-bond acceptors (Lipinski definition) is 2. The summed E-state index contributed by atoms with van der Waals surface area (Å²) in [5, 5.41) is 2.71. The van der Waals surface area contributed by atoms with E-state index >= 15 is 0 Å². The van der Waals surface area contributed by atoms with E-state index in [4.69, 9.17) is 4.74 Å². The summed E-state index contributed by atoms with van der Waals surface area (Å²) in [6.07, 6.45) is 2.04. The van der Waals surface area contributed by atoms with Crippen molar-refractivity contribution in [1.29, 1.82) is 0 Å². The Labute approximate surface area is 112 Å². The van der Waals surface area contributed by atoms with Crippen LogP contribution in [0.2, 0.25) is 0 Å². The number of anilines is 1. The van der Waals surface area contributed by atoms with Crippen LogP contribution in [0, 0.1) is 11.7 Å². The molecule has 1 N–H and O–H groups in total. The molecule has 5 heteroatoms. The SMILES string of the molecule is COc1ccc(NC(=O)N2CCC(C)CC2)cc1F. The molecule has 1 aromatic rings. The first-order valence-electron chi connectivity index (χ1n) is 6.49. The van der Waals surface area contributed by atoms with Gasteiger partial charge in [0.1, 0.15) is 0 Å². The summed E-state index contributed by atoms with van der Waals surface area (Å²) in [4.78, 5) is 13.8. The number of carbonyl (C=O) groups excluding carboxylic acids is 1. The highest BCUT2D eigenvalue weighted by Crippen LogP contribution is 2.22. The number of amides is 2. The molecule has 0 unspecified atom stereocenters. The van der Waals surface area contributed by atoms with Gasteiger partial charge in [0, 0.05) is 24.8 Å². The van der Waals surface area contributed by atoms with Crippen molar-refractivity contribution in [1.82, 2.24) is 4.90 Å². The second-order valence-electron chi connectivity index (χ2n) is 4.95. The lowest BCUT2D eigenvalue weighted by Gasteiger charge is -2.30. The zero-order valence-electron chi connectivity index (χ0n) is 11.3. The zero-order chi connectivity index (χ0) is 13.8. The van der Waals surface area contributed by atoms with Crippen LogP contribution in [-0.4, -0.2) is 31.1 Å². The lowest BCUT2D eigenvalue weighted by atomic mass is 10.00. The Balaban J connectivity index is 1.97. The average molecular weight is 266 g/mol. The molecule has 19 heavy (non-hydrogen) atoms. The number of benzene rings is 1. The molecule has 2 rings (SSSR count). The van der Waals surface area contributed by atoms with E-state index in [1.165, 1.54) is 19.2 Å². The monoisotopic (exact) mass is 266 g/mol. The molecule has 1 saturated heterocycles. The molecule has 1 aliphatic rings. The van der Waals surface area contributed by atoms with E-state index in [2.05, 4.69) is 12.2 Å². The van der Waals surface area contributed by atoms with E-state index in [0.717, 1.165) is 25.9 Å². The van der Waals surface area contributed by atoms with Gasteiger partial charge in [0.15, 0.2) is 11.6 Å². The summed E-state index contributed by atoms with van der Waals surface area (Å²) < 4.78 is 18.3. The van der Waals surface area contributed by atoms with Crippen molar-refractivity contribution in [2.75, 3.05) is 25.5 Å². The lowest BCUT2D eigenvalue weighted by molar-refractivity contribution is 0.186. The molecule has 0 bridgehead atoms. The van der Waals surface area contributed by atoms with Gasteiger partial charge in [0.05, 0.1) is 7.11 Å². The van der Waals surface area contributed by atoms with Crippen LogP contribution in [0.15, 0.2) is 18.2 Å². The number of nitrogens with zero attached hydrogens (tertiary/aromatic N) is 1. The largest absolute Gasteiger partial charge is 0.494 e. The van der Waals surface area contributed by atoms with Crippen LogP contribution in [0.5, 0.6) is 5.75 Å². The number of hydrogen-bond donors (Lipinski definition) is 1. The average Bonchev–Trinajstić information content (AvgIpc) is 2.39. The van der Waals surface area contributed by atoms with Gasteiger partial charge in [-0.05, 0) is 30.9 Å². The Morgan fingerprint density at radius 2 is 2.11 bits per heavy atom. The van der Waals surface area contributed by atoms with Crippen molar-refractivity contribution in [2.24, 2.45) is 5.92 Å². The van der Waals surface area contributed by atoms with Gasteiger partial charge < -0.3 is 15.0 Å². The van der Waals surface area contributed by atoms with Gasteiger partial charge in [-0.2, -0.15) is 0 Å². The van der Waals surface area contributed by atoms with Gasteiger partial charge in [-0.15, -0.1) is 0 Å². The Morgan fingerprint density at radius 1 is 1.42 bits per heavy atom. The highest BCUT2D eigenvalue weighted by atomic mass is 19.1. The van der Waals surface area contributed by atoms with Crippen molar-refractivity contribution in [3.05, 3.63) is 24.0 Å². The number of nitrogens with one attached hydrogen (secondary N) is 1. The van der Waals surface area contributed by atoms with Gasteiger partial charge in [0.25, 0.3) is 0 Å². The molecule has 1 aromatic carbocycles. The highest BCUT2D eigenvalue weighted by molar-refractivity contribution is 5.89. The Kier molecular flexibility index (Phi) is 4.24. The summed E-state index contributed by atoms with van der Waals surface area (Å²) in [5.74, 6) is 0.361. The number of halogens is 1. The molecule has 4 nitrogen and oxygen atoms in total. The van der Waals surface area contributed by atoms with Gasteiger partial charge >= 0.3 is 6.03 Å². The van der Waals surface area contributed by atoms with E-state index in [0.29, 0.717) is 11.6 Å². The predicted molar refractivity (Wildman–Crippen MR) is 71.9 cm³/mol. The second-order valence-corrected chi connectivity index (χ2v) is 4.95. The molecule has 0 radical (unpaired) electrons. The van der Waals surface area contributed by atoms with Crippen LogP contribution < -0.4 is 10.1 Å². The number of methoxy groups -OCH3 is 1. The molecule has 104 valence electrons. The fourth-order valence-electron chi connectivity index (χ4n) is 2.16. The van der Waals surface area contributed by atoms with Crippen LogP contribution in [0.3, 0.4) is 0 Å². The van der Waals surface area contributed by atoms with E-state index in [9.17, 15) is 9.18 Å². The summed E-state index contributed by atoms with van der Waals surface area (Å²) in [7, 11) is 1.41. The number of ether oxygens (including phenoxy) is 1. The number of urea groups is 1. The van der Waals surface area contributed by atoms with Crippen LogP contribution in [0.1, 0.15) is 19.8 Å². The van der Waals surface area contributed by atoms with E-state index in [-0.39, 0.29) is 11.8 Å². The molecule has 0 aliphatic carbocycles. The highest BCUT2D eigenvalue weighted by Gasteiger charge is 2.20. The fraction of sp³-hybridized carbons (Fsp3) is 0.500. The second kappa shape index (κ2) is 5.91. The summed E-state index contributed by atoms with van der Waals surface area (Å²) in [5.41, 5.74) is 0.446. The van der Waals surface area contributed by atoms with Crippen LogP contribution in [0.25, 0.3) is 0 Å². The summed E-state index contributed by atoms with van der Waals surface area (Å²) >= 11 is 0. The molecule has 0 atom stereocenters. The molecule has 2 amide bonds. The number of carbonyl (C=O) groups is 1. The maximum atomic E-state index is 13.5. The van der Waals surface area contributed by atoms with E-state index in [1.807, 2.05) is 0 Å². The number of likely N-dealkylation sites (tertiary alicyclic amines) is 1. The number of piperidine rings is 1. The smallest absolute Gasteiger partial charge is 0.321 e. The Hall–Kier alpha value is -1.78. The first-order valence-corrected chi connectivity index (χ1v) is 6.49. The molecule has 0 aromatic heterocycles. The minimum absolute atomic E-state index is 0.170. The van der Waals surface area contributed by atoms with Crippen molar-refractivity contribution < 1.29 is 13.9 Å². The van der Waals surface area contributed by atoms with Crippen LogP contribution >= 0.6 is 0 Å². The van der Waals surface area contributed by atoms with Crippen molar-refractivity contribution in [3.8, 4) is 5.75 Å². The minimum atomic E-state index is -0.479. The maximum Gasteiger partial charge on any atom is 0.321 e. The van der Waals surface area contributed by atoms with E-state index < -0.39 is 5.82 Å². The third kappa shape index (κ3) is 3.36. The molecular weight excluding hydrogens is 247 g/mol. The van der Waals surface area contributed by atoms with Crippen molar-refractivity contribution in [3.63, 3.8) is 0 Å². The zero-order valence-corrected chi connectivity index (χ0v) is 11.3. The topological polar surface area (TPSA) is 41.6 Å². The normalized spacial score (nSPS) is 16.3. The third-order valence-corrected chi connectivity index (χ3v) is 3.47. The van der Waals surface area contributed by atoms with Crippen LogP contribution in [0.4, 0.5) is 14.9 Å².